The van der Waals surface area contributed by atoms with Crippen LogP contribution in [0.3, 0.4) is 0 Å². The van der Waals surface area contributed by atoms with Crippen molar-refractivity contribution in [1.29, 1.82) is 0 Å². The van der Waals surface area contributed by atoms with Crippen molar-refractivity contribution in [2.45, 2.75) is 38.1 Å². The summed E-state index contributed by atoms with van der Waals surface area (Å²) in [6.07, 6.45) is 3.53. The van der Waals surface area contributed by atoms with E-state index in [9.17, 15) is 4.79 Å². The SMILES string of the molecule is COc1ccc(CN2Cc3c(c4c5ccccc5n5c4c4c3c3ccccc3n4[C@@]3(C)O[C@@H]5C=C[C@H]3OC)C2=O)cc1OC. The monoisotopic (exact) mass is 585 g/mol. The summed E-state index contributed by atoms with van der Waals surface area (Å²) in [5.41, 5.74) is 6.18. The predicted octanol–water partition coefficient (Wildman–Crippen LogP) is 6.86. The van der Waals surface area contributed by atoms with Crippen LogP contribution < -0.4 is 9.47 Å². The van der Waals surface area contributed by atoms with Crippen molar-refractivity contribution >= 4 is 49.5 Å². The van der Waals surface area contributed by atoms with E-state index in [1.807, 2.05) is 29.2 Å². The molecule has 5 heterocycles. The maximum Gasteiger partial charge on any atom is 0.255 e. The number of fused-ring (bicyclic) bond motifs is 13. The number of para-hydroxylation sites is 2. The molecule has 3 aliphatic rings. The van der Waals surface area contributed by atoms with Crippen LogP contribution in [0, 0.1) is 0 Å². The molecule has 0 N–H and O–H groups in total. The van der Waals surface area contributed by atoms with Gasteiger partial charge in [0.05, 0.1) is 41.8 Å². The van der Waals surface area contributed by atoms with Crippen molar-refractivity contribution in [3.63, 3.8) is 0 Å². The number of carbonyl (C=O) groups excluding carboxylic acids is 1. The smallest absolute Gasteiger partial charge is 0.255 e. The predicted molar refractivity (Wildman–Crippen MR) is 169 cm³/mol. The van der Waals surface area contributed by atoms with E-state index in [0.29, 0.717) is 24.6 Å². The van der Waals surface area contributed by atoms with Gasteiger partial charge in [-0.25, -0.2) is 0 Å². The van der Waals surface area contributed by atoms with Gasteiger partial charge in [0.25, 0.3) is 5.91 Å². The first-order chi connectivity index (χ1) is 21.5. The van der Waals surface area contributed by atoms with E-state index in [2.05, 4.69) is 70.7 Å². The largest absolute Gasteiger partial charge is 0.493 e. The third kappa shape index (κ3) is 3.06. The molecule has 9 rings (SSSR count). The molecule has 8 heteroatoms. The highest BCUT2D eigenvalue weighted by molar-refractivity contribution is 6.31. The summed E-state index contributed by atoms with van der Waals surface area (Å²) in [6, 6.07) is 22.7. The number of carbonyl (C=O) groups is 1. The van der Waals surface area contributed by atoms with Crippen molar-refractivity contribution in [3.8, 4) is 11.5 Å². The molecule has 4 aromatic carbocycles. The fourth-order valence-corrected chi connectivity index (χ4v) is 8.00. The van der Waals surface area contributed by atoms with Crippen LogP contribution >= 0.6 is 0 Å². The highest BCUT2D eigenvalue weighted by Gasteiger charge is 2.48. The first-order valence-corrected chi connectivity index (χ1v) is 14.9. The van der Waals surface area contributed by atoms with Gasteiger partial charge in [-0.2, -0.15) is 0 Å². The maximum atomic E-state index is 14.6. The molecular formula is C36H31N3O5. The second-order valence-corrected chi connectivity index (χ2v) is 12.0. The van der Waals surface area contributed by atoms with Crippen LogP contribution in [0.15, 0.2) is 78.9 Å². The zero-order valence-electron chi connectivity index (χ0n) is 25.0. The Balaban J connectivity index is 1.39. The molecule has 1 amide bonds. The molecular weight excluding hydrogens is 554 g/mol. The molecule has 2 bridgehead atoms. The lowest BCUT2D eigenvalue weighted by molar-refractivity contribution is -0.199. The Morgan fingerprint density at radius 3 is 2.34 bits per heavy atom. The highest BCUT2D eigenvalue weighted by Crippen LogP contribution is 2.53. The van der Waals surface area contributed by atoms with Crippen molar-refractivity contribution in [1.82, 2.24) is 14.0 Å². The van der Waals surface area contributed by atoms with Crippen LogP contribution in [0.25, 0.3) is 43.6 Å². The molecule has 3 aliphatic heterocycles. The Bertz CT molecular complexity index is 2240. The minimum atomic E-state index is -0.821. The quantitative estimate of drug-likeness (QED) is 0.207. The lowest BCUT2D eigenvalue weighted by Crippen LogP contribution is -2.47. The first kappa shape index (κ1) is 25.7. The number of methoxy groups -OCH3 is 3. The lowest BCUT2D eigenvalue weighted by Gasteiger charge is -2.41. The second-order valence-electron chi connectivity index (χ2n) is 12.0. The molecule has 44 heavy (non-hydrogen) atoms. The summed E-state index contributed by atoms with van der Waals surface area (Å²) in [6.45, 7) is 3.06. The second kappa shape index (κ2) is 8.87. The van der Waals surface area contributed by atoms with E-state index in [0.717, 1.165) is 60.3 Å². The van der Waals surface area contributed by atoms with Gasteiger partial charge < -0.3 is 33.0 Å². The van der Waals surface area contributed by atoms with Gasteiger partial charge in [0.2, 0.25) is 0 Å². The van der Waals surface area contributed by atoms with Gasteiger partial charge in [-0.3, -0.25) is 4.79 Å². The molecule has 0 spiro atoms. The molecule has 0 unspecified atom stereocenters. The third-order valence-electron chi connectivity index (χ3n) is 9.82. The fourth-order valence-electron chi connectivity index (χ4n) is 8.00. The summed E-state index contributed by atoms with van der Waals surface area (Å²) >= 11 is 0. The molecule has 0 saturated heterocycles. The minimum Gasteiger partial charge on any atom is -0.493 e. The number of nitrogens with zero attached hydrogens (tertiary/aromatic N) is 3. The normalized spacial score (nSPS) is 22.1. The van der Waals surface area contributed by atoms with Gasteiger partial charge in [0, 0.05) is 41.7 Å². The zero-order chi connectivity index (χ0) is 29.9. The number of aromatic nitrogens is 2. The summed E-state index contributed by atoms with van der Waals surface area (Å²) in [5, 5.41) is 4.23. The van der Waals surface area contributed by atoms with E-state index < -0.39 is 5.72 Å². The minimum absolute atomic E-state index is 0.0288. The van der Waals surface area contributed by atoms with Crippen LogP contribution in [0.4, 0.5) is 0 Å². The number of benzene rings is 4. The molecule has 0 fully saturated rings. The lowest BCUT2D eigenvalue weighted by atomic mass is 9.97. The maximum absolute atomic E-state index is 14.6. The van der Waals surface area contributed by atoms with Gasteiger partial charge in [0.15, 0.2) is 23.5 Å². The summed E-state index contributed by atoms with van der Waals surface area (Å²) in [4.78, 5) is 16.6. The molecule has 3 atom stereocenters. The Kier molecular flexibility index (Phi) is 5.18. The van der Waals surface area contributed by atoms with Crippen LogP contribution in [-0.4, -0.2) is 47.4 Å². The Morgan fingerprint density at radius 1 is 0.864 bits per heavy atom. The van der Waals surface area contributed by atoms with E-state index >= 15 is 0 Å². The number of ether oxygens (including phenoxy) is 4. The summed E-state index contributed by atoms with van der Waals surface area (Å²) in [5.74, 6) is 1.34. The molecule has 6 aromatic rings. The third-order valence-corrected chi connectivity index (χ3v) is 9.82. The van der Waals surface area contributed by atoms with Crippen LogP contribution in [-0.2, 0) is 28.3 Å². The number of rotatable bonds is 5. The zero-order valence-corrected chi connectivity index (χ0v) is 25.0. The first-order valence-electron chi connectivity index (χ1n) is 14.9. The van der Waals surface area contributed by atoms with Gasteiger partial charge in [-0.05, 0) is 48.4 Å². The molecule has 0 radical (unpaired) electrons. The van der Waals surface area contributed by atoms with Crippen molar-refractivity contribution < 1.29 is 23.7 Å². The Hall–Kier alpha value is -4.79. The van der Waals surface area contributed by atoms with Crippen LogP contribution in [0.1, 0.15) is 34.6 Å². The summed E-state index contributed by atoms with van der Waals surface area (Å²) in [7, 11) is 4.99. The molecule has 0 aliphatic carbocycles. The fraction of sp³-hybridized carbons (Fsp3) is 0.250. The number of hydrogen-bond donors (Lipinski definition) is 0. The van der Waals surface area contributed by atoms with Crippen molar-refractivity contribution in [2.75, 3.05) is 21.3 Å². The van der Waals surface area contributed by atoms with Gasteiger partial charge >= 0.3 is 0 Å². The van der Waals surface area contributed by atoms with E-state index in [4.69, 9.17) is 18.9 Å². The van der Waals surface area contributed by atoms with Gasteiger partial charge in [-0.1, -0.05) is 48.5 Å². The Morgan fingerprint density at radius 2 is 1.59 bits per heavy atom. The average Bonchev–Trinajstić information content (AvgIpc) is 3.66. The summed E-state index contributed by atoms with van der Waals surface area (Å²) < 4.78 is 28.7. The molecule has 0 saturated carbocycles. The van der Waals surface area contributed by atoms with E-state index in [1.165, 1.54) is 0 Å². The topological polar surface area (TPSA) is 67.1 Å². The average molecular weight is 586 g/mol. The van der Waals surface area contributed by atoms with Crippen LogP contribution in [0.5, 0.6) is 11.5 Å². The van der Waals surface area contributed by atoms with Crippen molar-refractivity contribution in [2.24, 2.45) is 0 Å². The standard InChI is InChI=1S/C36H31N3O5/c1-36-28(43-4)15-16-29(44-36)38-24-11-7-5-9-21(24)31-32-23(30-22-10-6-8-12-25(22)39(36)34(30)33(31)38)19-37(35(32)40)18-20-13-14-26(41-2)27(17-20)42-3/h5-17,28-29H,18-19H2,1-4H3/t28-,29-,36+/m1/s1. The van der Waals surface area contributed by atoms with Crippen LogP contribution in [0.2, 0.25) is 0 Å². The van der Waals surface area contributed by atoms with E-state index in [-0.39, 0.29) is 18.2 Å². The van der Waals surface area contributed by atoms with Gasteiger partial charge in [0.1, 0.15) is 6.10 Å². The van der Waals surface area contributed by atoms with E-state index in [1.54, 1.807) is 21.3 Å². The number of amides is 1. The highest BCUT2D eigenvalue weighted by atomic mass is 16.6. The van der Waals surface area contributed by atoms with Gasteiger partial charge in [-0.15, -0.1) is 0 Å². The Labute approximate surface area is 253 Å². The molecule has 2 aromatic heterocycles. The molecule has 220 valence electrons. The number of hydrogen-bond acceptors (Lipinski definition) is 5. The van der Waals surface area contributed by atoms with Crippen molar-refractivity contribution in [3.05, 3.63) is 95.6 Å². The molecule has 8 nitrogen and oxygen atoms in total.